The van der Waals surface area contributed by atoms with Gasteiger partial charge in [0.1, 0.15) is 5.75 Å². The fourth-order valence-corrected chi connectivity index (χ4v) is 2.83. The Morgan fingerprint density at radius 2 is 1.65 bits per heavy atom. The lowest BCUT2D eigenvalue weighted by molar-refractivity contribution is 0.302. The van der Waals surface area contributed by atoms with E-state index in [0.717, 1.165) is 24.2 Å². The highest BCUT2D eigenvalue weighted by molar-refractivity contribution is 5.40. The molecule has 2 heteroatoms. The quantitative estimate of drug-likeness (QED) is 0.671. The first-order valence-electron chi connectivity index (χ1n) is 8.18. The molecule has 0 N–H and O–H groups in total. The van der Waals surface area contributed by atoms with E-state index in [1.165, 1.54) is 22.3 Å². The summed E-state index contributed by atoms with van der Waals surface area (Å²) in [5, 5.41) is 9.44. The number of hydrogen-bond donors (Lipinski definition) is 0. The van der Waals surface area contributed by atoms with Crippen LogP contribution in [-0.2, 0) is 0 Å². The lowest BCUT2D eigenvalue weighted by atomic mass is 9.92. The molecule has 0 aromatic heterocycles. The second-order valence-electron chi connectivity index (χ2n) is 6.23. The molecular formula is C21H25NO. The van der Waals surface area contributed by atoms with Gasteiger partial charge in [-0.2, -0.15) is 5.26 Å². The van der Waals surface area contributed by atoms with Crippen LogP contribution in [0.4, 0.5) is 0 Å². The van der Waals surface area contributed by atoms with Gasteiger partial charge in [-0.15, -0.1) is 0 Å². The Kier molecular flexibility index (Phi) is 5.82. The molecule has 0 fully saturated rings. The van der Waals surface area contributed by atoms with Crippen molar-refractivity contribution in [1.29, 1.82) is 5.26 Å². The van der Waals surface area contributed by atoms with Gasteiger partial charge in [0, 0.05) is 0 Å². The van der Waals surface area contributed by atoms with Crippen molar-refractivity contribution in [2.75, 3.05) is 6.61 Å². The smallest absolute Gasteiger partial charge is 0.122 e. The van der Waals surface area contributed by atoms with E-state index in [0.29, 0.717) is 6.61 Å². The van der Waals surface area contributed by atoms with E-state index < -0.39 is 0 Å². The van der Waals surface area contributed by atoms with E-state index in [4.69, 9.17) is 4.74 Å². The topological polar surface area (TPSA) is 33.0 Å². The van der Waals surface area contributed by atoms with Crippen LogP contribution in [0.15, 0.2) is 36.4 Å². The molecule has 0 aliphatic heterocycles. The van der Waals surface area contributed by atoms with Crippen molar-refractivity contribution in [2.24, 2.45) is 0 Å². The molecule has 0 aliphatic carbocycles. The molecule has 0 amide bonds. The molecule has 0 heterocycles. The second-order valence-corrected chi connectivity index (χ2v) is 6.23. The summed E-state index contributed by atoms with van der Waals surface area (Å²) in [4.78, 5) is 0. The fourth-order valence-electron chi connectivity index (χ4n) is 2.83. The van der Waals surface area contributed by atoms with Crippen LogP contribution >= 0.6 is 0 Å². The Morgan fingerprint density at radius 1 is 0.957 bits per heavy atom. The number of aryl methyl sites for hydroxylation is 4. The van der Waals surface area contributed by atoms with Gasteiger partial charge in [0.2, 0.25) is 0 Å². The third-order valence-corrected chi connectivity index (χ3v) is 4.41. The molecule has 2 nitrogen and oxygen atoms in total. The Balaban J connectivity index is 1.91. The Hall–Kier alpha value is -2.27. The second kappa shape index (κ2) is 7.83. The van der Waals surface area contributed by atoms with Gasteiger partial charge in [0.25, 0.3) is 0 Å². The number of rotatable bonds is 6. The molecule has 0 spiro atoms. The zero-order chi connectivity index (χ0) is 16.8. The number of hydrogen-bond acceptors (Lipinski definition) is 2. The lowest BCUT2D eigenvalue weighted by Gasteiger charge is -2.14. The van der Waals surface area contributed by atoms with Crippen LogP contribution in [-0.4, -0.2) is 6.61 Å². The molecule has 0 aliphatic rings. The van der Waals surface area contributed by atoms with E-state index in [-0.39, 0.29) is 5.92 Å². The molecule has 1 atom stereocenters. The van der Waals surface area contributed by atoms with Crippen LogP contribution < -0.4 is 4.74 Å². The fraction of sp³-hybridized carbons (Fsp3) is 0.381. The Bertz CT molecular complexity index is 712. The van der Waals surface area contributed by atoms with E-state index >= 15 is 0 Å². The van der Waals surface area contributed by atoms with Gasteiger partial charge in [-0.25, -0.2) is 0 Å². The Morgan fingerprint density at radius 3 is 2.35 bits per heavy atom. The van der Waals surface area contributed by atoms with Crippen LogP contribution in [0.2, 0.25) is 0 Å². The number of ether oxygens (including phenoxy) is 1. The molecule has 0 saturated heterocycles. The molecular weight excluding hydrogens is 282 g/mol. The van der Waals surface area contributed by atoms with Gasteiger partial charge in [-0.3, -0.25) is 0 Å². The van der Waals surface area contributed by atoms with Crippen LogP contribution in [0.1, 0.15) is 46.6 Å². The van der Waals surface area contributed by atoms with Crippen molar-refractivity contribution in [2.45, 2.75) is 46.5 Å². The first-order chi connectivity index (χ1) is 11.0. The molecule has 0 saturated carbocycles. The number of nitriles is 1. The standard InChI is InChI=1S/C21H25NO/c1-15-8-5-6-10-20(15)19(14-22)9-7-11-23-21-13-17(3)16(2)12-18(21)4/h5-6,8,10,12-13,19H,7,9,11H2,1-4H3. The van der Waals surface area contributed by atoms with Crippen molar-refractivity contribution < 1.29 is 4.74 Å². The van der Waals surface area contributed by atoms with Gasteiger partial charge in [-0.1, -0.05) is 30.3 Å². The summed E-state index contributed by atoms with van der Waals surface area (Å²) >= 11 is 0. The average molecular weight is 307 g/mol. The SMILES string of the molecule is Cc1cc(C)c(OCCCC(C#N)c2ccccc2C)cc1C. The maximum Gasteiger partial charge on any atom is 0.122 e. The highest BCUT2D eigenvalue weighted by atomic mass is 16.5. The van der Waals surface area contributed by atoms with Gasteiger partial charge < -0.3 is 4.74 Å². The summed E-state index contributed by atoms with van der Waals surface area (Å²) in [6, 6.07) is 14.8. The molecule has 23 heavy (non-hydrogen) atoms. The first kappa shape index (κ1) is 17.1. The Labute approximate surface area is 139 Å². The summed E-state index contributed by atoms with van der Waals surface area (Å²) in [7, 11) is 0. The molecule has 1 unspecified atom stereocenters. The minimum absolute atomic E-state index is 0.0550. The van der Waals surface area contributed by atoms with Crippen LogP contribution in [0.3, 0.4) is 0 Å². The van der Waals surface area contributed by atoms with E-state index in [1.54, 1.807) is 0 Å². The minimum Gasteiger partial charge on any atom is -0.493 e. The molecule has 2 rings (SSSR count). The van der Waals surface area contributed by atoms with Crippen molar-refractivity contribution in [1.82, 2.24) is 0 Å². The zero-order valence-electron chi connectivity index (χ0n) is 14.5. The van der Waals surface area contributed by atoms with Gasteiger partial charge in [0.05, 0.1) is 18.6 Å². The van der Waals surface area contributed by atoms with E-state index in [1.807, 2.05) is 12.1 Å². The summed E-state index contributed by atoms with van der Waals surface area (Å²) in [5.74, 6) is 0.901. The molecule has 0 bridgehead atoms. The predicted molar refractivity (Wildman–Crippen MR) is 94.9 cm³/mol. The van der Waals surface area contributed by atoms with E-state index in [2.05, 4.69) is 58.0 Å². The third-order valence-electron chi connectivity index (χ3n) is 4.41. The van der Waals surface area contributed by atoms with Gasteiger partial charge in [0.15, 0.2) is 0 Å². The molecule has 120 valence electrons. The molecule has 0 radical (unpaired) electrons. The van der Waals surface area contributed by atoms with E-state index in [9.17, 15) is 5.26 Å². The van der Waals surface area contributed by atoms with Crippen LogP contribution in [0.25, 0.3) is 0 Å². The largest absolute Gasteiger partial charge is 0.493 e. The normalized spacial score (nSPS) is 11.8. The predicted octanol–water partition coefficient (Wildman–Crippen LogP) is 5.39. The third kappa shape index (κ3) is 4.36. The highest BCUT2D eigenvalue weighted by Crippen LogP contribution is 2.25. The maximum atomic E-state index is 9.44. The summed E-state index contributed by atoms with van der Waals surface area (Å²) in [6.07, 6.45) is 1.70. The van der Waals surface area contributed by atoms with Crippen LogP contribution in [0.5, 0.6) is 5.75 Å². The first-order valence-corrected chi connectivity index (χ1v) is 8.18. The van der Waals surface area contributed by atoms with Crippen molar-refractivity contribution >= 4 is 0 Å². The average Bonchev–Trinajstić information content (AvgIpc) is 2.53. The van der Waals surface area contributed by atoms with Crippen molar-refractivity contribution in [3.05, 3.63) is 64.2 Å². The highest BCUT2D eigenvalue weighted by Gasteiger charge is 2.12. The number of nitrogens with zero attached hydrogens (tertiary/aromatic N) is 1. The van der Waals surface area contributed by atoms with Crippen molar-refractivity contribution in [3.63, 3.8) is 0 Å². The zero-order valence-corrected chi connectivity index (χ0v) is 14.5. The molecule has 2 aromatic rings. The number of benzene rings is 2. The summed E-state index contributed by atoms with van der Waals surface area (Å²) in [6.45, 7) is 9.01. The summed E-state index contributed by atoms with van der Waals surface area (Å²) < 4.78 is 5.92. The van der Waals surface area contributed by atoms with Gasteiger partial charge >= 0.3 is 0 Å². The maximum absolute atomic E-state index is 9.44. The lowest BCUT2D eigenvalue weighted by Crippen LogP contribution is -2.04. The molecule has 2 aromatic carbocycles. The monoisotopic (exact) mass is 307 g/mol. The van der Waals surface area contributed by atoms with Crippen molar-refractivity contribution in [3.8, 4) is 11.8 Å². The summed E-state index contributed by atoms with van der Waals surface area (Å²) in [5.41, 5.74) is 6.03. The van der Waals surface area contributed by atoms with Gasteiger partial charge in [-0.05, 0) is 74.4 Å². The van der Waals surface area contributed by atoms with Crippen LogP contribution in [0, 0.1) is 39.0 Å². The minimum atomic E-state index is -0.0550.